The zero-order valence-corrected chi connectivity index (χ0v) is 10.9. The maximum Gasteiger partial charge on any atom is 0.516 e. The van der Waals surface area contributed by atoms with Gasteiger partial charge in [-0.25, -0.2) is 0 Å². The van der Waals surface area contributed by atoms with E-state index in [1.807, 2.05) is 27.7 Å². The molecule has 1 aliphatic rings. The Morgan fingerprint density at radius 1 is 1.24 bits per heavy atom. The quantitative estimate of drug-likeness (QED) is 0.648. The average molecular weight is 236 g/mol. The smallest absolute Gasteiger partial charge is 0.398 e. The Morgan fingerprint density at radius 2 is 1.76 bits per heavy atom. The van der Waals surface area contributed by atoms with Crippen LogP contribution in [0.1, 0.15) is 27.7 Å². The molecule has 17 heavy (non-hydrogen) atoms. The van der Waals surface area contributed by atoms with Gasteiger partial charge in [0, 0.05) is 13.2 Å². The third kappa shape index (κ3) is 2.02. The zero-order valence-electron chi connectivity index (χ0n) is 10.9. The second kappa shape index (κ2) is 3.68. The van der Waals surface area contributed by atoms with Crippen molar-refractivity contribution < 1.29 is 9.31 Å². The van der Waals surface area contributed by atoms with Crippen LogP contribution in [0.4, 0.5) is 0 Å². The molecule has 6 heteroatoms. The summed E-state index contributed by atoms with van der Waals surface area (Å²) < 4.78 is 13.2. The van der Waals surface area contributed by atoms with Crippen LogP contribution < -0.4 is 11.2 Å². The first-order chi connectivity index (χ1) is 7.73. The SMILES string of the molecule is Cn1cc(B2OC(C)(C)C(C)(C)O2)ncc1=O. The van der Waals surface area contributed by atoms with E-state index in [0.717, 1.165) is 0 Å². The summed E-state index contributed by atoms with van der Waals surface area (Å²) in [4.78, 5) is 15.3. The zero-order chi connectivity index (χ0) is 12.8. The second-order valence-corrected chi connectivity index (χ2v) is 5.35. The number of rotatable bonds is 1. The molecule has 1 fully saturated rings. The molecule has 1 aromatic rings. The monoisotopic (exact) mass is 236 g/mol. The molecule has 1 saturated heterocycles. The van der Waals surface area contributed by atoms with Crippen LogP contribution in [-0.4, -0.2) is 27.9 Å². The molecular weight excluding hydrogens is 219 g/mol. The highest BCUT2D eigenvalue weighted by molar-refractivity contribution is 6.61. The summed E-state index contributed by atoms with van der Waals surface area (Å²) in [6.07, 6.45) is 2.92. The van der Waals surface area contributed by atoms with Gasteiger partial charge in [0.1, 0.15) is 0 Å². The van der Waals surface area contributed by atoms with Crippen molar-refractivity contribution in [1.29, 1.82) is 0 Å². The van der Waals surface area contributed by atoms with Crippen LogP contribution in [-0.2, 0) is 16.4 Å². The molecule has 2 rings (SSSR count). The van der Waals surface area contributed by atoms with Gasteiger partial charge in [-0.05, 0) is 27.7 Å². The van der Waals surface area contributed by atoms with Gasteiger partial charge in [0.05, 0.1) is 23.0 Å². The van der Waals surface area contributed by atoms with Crippen molar-refractivity contribution in [1.82, 2.24) is 9.55 Å². The average Bonchev–Trinajstić information content (AvgIpc) is 2.41. The molecule has 1 aromatic heterocycles. The standard InChI is InChI=1S/C11H17BN2O3/c1-10(2)11(3,4)17-12(16-10)8-7-14(5)9(15)6-13-8/h6-7H,1-5H3. The van der Waals surface area contributed by atoms with Gasteiger partial charge in [-0.1, -0.05) is 0 Å². The molecule has 0 radical (unpaired) electrons. The van der Waals surface area contributed by atoms with Crippen molar-refractivity contribution in [3.63, 3.8) is 0 Å². The van der Waals surface area contributed by atoms with Crippen LogP contribution in [0.5, 0.6) is 0 Å². The molecule has 0 unspecified atom stereocenters. The van der Waals surface area contributed by atoms with Crippen molar-refractivity contribution in [3.05, 3.63) is 22.7 Å². The van der Waals surface area contributed by atoms with Crippen molar-refractivity contribution >= 4 is 12.7 Å². The van der Waals surface area contributed by atoms with Gasteiger partial charge < -0.3 is 13.9 Å². The molecule has 0 aromatic carbocycles. The fourth-order valence-corrected chi connectivity index (χ4v) is 1.60. The lowest BCUT2D eigenvalue weighted by Gasteiger charge is -2.32. The fourth-order valence-electron chi connectivity index (χ4n) is 1.60. The predicted molar refractivity (Wildman–Crippen MR) is 65.2 cm³/mol. The lowest BCUT2D eigenvalue weighted by atomic mass is 9.85. The van der Waals surface area contributed by atoms with Crippen molar-refractivity contribution in [3.8, 4) is 0 Å². The highest BCUT2D eigenvalue weighted by Crippen LogP contribution is 2.36. The minimum absolute atomic E-state index is 0.148. The van der Waals surface area contributed by atoms with E-state index in [2.05, 4.69) is 4.98 Å². The molecule has 5 nitrogen and oxygen atoms in total. The molecule has 0 N–H and O–H groups in total. The summed E-state index contributed by atoms with van der Waals surface area (Å²) in [5.74, 6) is 0. The number of hydrogen-bond donors (Lipinski definition) is 0. The summed E-state index contributed by atoms with van der Waals surface area (Å²) in [6.45, 7) is 7.92. The first kappa shape index (κ1) is 12.3. The van der Waals surface area contributed by atoms with Crippen LogP contribution in [0.15, 0.2) is 17.2 Å². The molecule has 0 spiro atoms. The number of aromatic nitrogens is 2. The van der Waals surface area contributed by atoms with E-state index < -0.39 is 18.3 Å². The largest absolute Gasteiger partial charge is 0.516 e. The maximum absolute atomic E-state index is 11.3. The lowest BCUT2D eigenvalue weighted by Crippen LogP contribution is -2.41. The third-order valence-electron chi connectivity index (χ3n) is 3.49. The van der Waals surface area contributed by atoms with E-state index in [-0.39, 0.29) is 5.56 Å². The Balaban J connectivity index is 2.32. The summed E-state index contributed by atoms with van der Waals surface area (Å²) in [7, 11) is 1.16. The Kier molecular flexibility index (Phi) is 2.67. The number of nitrogens with zero attached hydrogens (tertiary/aromatic N) is 2. The topological polar surface area (TPSA) is 53.4 Å². The predicted octanol–water partition coefficient (Wildman–Crippen LogP) is 0.0795. The highest BCUT2D eigenvalue weighted by atomic mass is 16.7. The van der Waals surface area contributed by atoms with Gasteiger partial charge >= 0.3 is 7.12 Å². The van der Waals surface area contributed by atoms with Gasteiger partial charge in [0.25, 0.3) is 5.56 Å². The molecule has 0 amide bonds. The second-order valence-electron chi connectivity index (χ2n) is 5.35. The minimum Gasteiger partial charge on any atom is -0.398 e. The third-order valence-corrected chi connectivity index (χ3v) is 3.49. The molecule has 1 aliphatic heterocycles. The summed E-state index contributed by atoms with van der Waals surface area (Å²) >= 11 is 0. The Morgan fingerprint density at radius 3 is 2.24 bits per heavy atom. The minimum atomic E-state index is -0.521. The van der Waals surface area contributed by atoms with E-state index in [4.69, 9.17) is 9.31 Å². The van der Waals surface area contributed by atoms with Crippen LogP contribution in [0.25, 0.3) is 0 Å². The van der Waals surface area contributed by atoms with Crippen molar-refractivity contribution in [2.45, 2.75) is 38.9 Å². The normalized spacial score (nSPS) is 21.8. The summed E-state index contributed by atoms with van der Waals surface area (Å²) in [5.41, 5.74) is -0.321. The Bertz CT molecular complexity index is 480. The van der Waals surface area contributed by atoms with Gasteiger partial charge in [0.2, 0.25) is 0 Å². The molecule has 0 atom stereocenters. The molecule has 2 heterocycles. The number of hydrogen-bond acceptors (Lipinski definition) is 4. The highest BCUT2D eigenvalue weighted by Gasteiger charge is 2.52. The van der Waals surface area contributed by atoms with Crippen LogP contribution >= 0.6 is 0 Å². The van der Waals surface area contributed by atoms with E-state index in [0.29, 0.717) is 5.59 Å². The molecule has 0 bridgehead atoms. The van der Waals surface area contributed by atoms with Crippen LogP contribution in [0.3, 0.4) is 0 Å². The van der Waals surface area contributed by atoms with Gasteiger partial charge in [-0.15, -0.1) is 0 Å². The van der Waals surface area contributed by atoms with Crippen molar-refractivity contribution in [2.24, 2.45) is 7.05 Å². The van der Waals surface area contributed by atoms with E-state index in [1.54, 1.807) is 13.2 Å². The first-order valence-electron chi connectivity index (χ1n) is 5.61. The maximum atomic E-state index is 11.3. The fraction of sp³-hybridized carbons (Fsp3) is 0.636. The summed E-state index contributed by atoms with van der Waals surface area (Å²) in [6, 6.07) is 0. The van der Waals surface area contributed by atoms with Gasteiger partial charge in [0.15, 0.2) is 0 Å². The molecular formula is C11H17BN2O3. The lowest BCUT2D eigenvalue weighted by molar-refractivity contribution is 0.00578. The van der Waals surface area contributed by atoms with E-state index in [1.165, 1.54) is 10.8 Å². The van der Waals surface area contributed by atoms with Crippen LogP contribution in [0.2, 0.25) is 0 Å². The van der Waals surface area contributed by atoms with E-state index >= 15 is 0 Å². The first-order valence-corrected chi connectivity index (χ1v) is 5.61. The van der Waals surface area contributed by atoms with Gasteiger partial charge in [-0.3, -0.25) is 9.78 Å². The molecule has 0 saturated carbocycles. The Labute approximate surface area is 101 Å². The summed E-state index contributed by atoms with van der Waals surface area (Å²) in [5, 5.41) is 0. The Hall–Kier alpha value is -1.14. The molecule has 0 aliphatic carbocycles. The van der Waals surface area contributed by atoms with E-state index in [9.17, 15) is 4.79 Å². The van der Waals surface area contributed by atoms with Crippen molar-refractivity contribution in [2.75, 3.05) is 0 Å². The van der Waals surface area contributed by atoms with Crippen LogP contribution in [0, 0.1) is 0 Å². The molecule has 92 valence electrons. The number of aryl methyl sites for hydroxylation is 1. The van der Waals surface area contributed by atoms with Gasteiger partial charge in [-0.2, -0.15) is 0 Å².